The number of ketones is 1. The van der Waals surface area contributed by atoms with Crippen molar-refractivity contribution in [2.24, 2.45) is 0 Å². The van der Waals surface area contributed by atoms with Crippen LogP contribution < -0.4 is 14.2 Å². The normalized spacial score (nSPS) is 12.4. The number of carbonyl (C=O) groups is 1. The van der Waals surface area contributed by atoms with E-state index in [1.807, 2.05) is 67.8 Å². The largest absolute Gasteiger partial charge is 0.573 e. The van der Waals surface area contributed by atoms with Gasteiger partial charge in [0.1, 0.15) is 29.0 Å². The molecule has 1 saturated heterocycles. The van der Waals surface area contributed by atoms with Gasteiger partial charge >= 0.3 is 31.3 Å². The third kappa shape index (κ3) is 24.0. The monoisotopic (exact) mass is 1200 g/mol. The molecule has 0 amide bonds. The molecule has 1 N–H and O–H groups in total. The van der Waals surface area contributed by atoms with Gasteiger partial charge in [0.15, 0.2) is 14.1 Å². The molecular formula is C50H51Br2F6N5O11Si. The third-order valence-corrected chi connectivity index (χ3v) is 11.3. The molecule has 6 aromatic rings. The van der Waals surface area contributed by atoms with Crippen molar-refractivity contribution >= 4 is 58.3 Å². The summed E-state index contributed by atoms with van der Waals surface area (Å²) in [6, 6.07) is 24.4. The van der Waals surface area contributed by atoms with Crippen molar-refractivity contribution in [3.8, 4) is 28.6 Å². The van der Waals surface area contributed by atoms with Crippen molar-refractivity contribution in [2.45, 2.75) is 84.2 Å². The number of ether oxygens (including phenoxy) is 4. The Morgan fingerprint density at radius 3 is 1.57 bits per heavy atom. The lowest BCUT2D eigenvalue weighted by Gasteiger charge is -2.18. The molecule has 0 aliphatic carbocycles. The molecule has 2 atom stereocenters. The zero-order valence-corrected chi connectivity index (χ0v) is 45.3. The van der Waals surface area contributed by atoms with Crippen molar-refractivity contribution in [3.05, 3.63) is 158 Å². The predicted octanol–water partition coefficient (Wildman–Crippen LogP) is 12.2. The number of rotatable bonds is 13. The Morgan fingerprint density at radius 1 is 0.747 bits per heavy atom. The zero-order chi connectivity index (χ0) is 56.4. The van der Waals surface area contributed by atoms with E-state index in [0.29, 0.717) is 21.3 Å². The van der Waals surface area contributed by atoms with E-state index in [9.17, 15) is 36.2 Å². The van der Waals surface area contributed by atoms with E-state index in [-0.39, 0.29) is 23.6 Å². The van der Waals surface area contributed by atoms with Crippen LogP contribution in [0.25, 0.3) is 16.2 Å². The maximum atomic E-state index is 12.7. The minimum atomic E-state index is -4.82. The van der Waals surface area contributed by atoms with Crippen molar-refractivity contribution < 1.29 is 78.8 Å². The Labute approximate surface area is 445 Å². The first-order valence-electron chi connectivity index (χ1n) is 22.1. The summed E-state index contributed by atoms with van der Waals surface area (Å²) in [7, 11) is -0.239. The van der Waals surface area contributed by atoms with Gasteiger partial charge in [0.05, 0.1) is 29.7 Å². The number of alkyl halides is 6. The molecule has 7 rings (SSSR count). The topological polar surface area (TPSA) is 192 Å². The molecular weight excluding hydrogens is 1150 g/mol. The van der Waals surface area contributed by atoms with Crippen LogP contribution in [0, 0.1) is 6.57 Å². The fourth-order valence-electron chi connectivity index (χ4n) is 6.13. The Balaban J connectivity index is 0.000000362. The SMILES string of the molecule is C1CCOC1.CCc1ccn(-c2ccc(Br)cc2C(O)C(=O)c2ccc(OC(F)(F)F)cc2)n1.CCc1ccn(-c2ccc(Br)cc2OC)n1.O=C=O.O=C=O.[C-]#[N+]C(O[Si](C)(C)C)c1ccc(OC(F)(F)F)cc1. The molecule has 1 aliphatic heterocycles. The van der Waals surface area contributed by atoms with Crippen molar-refractivity contribution in [1.29, 1.82) is 0 Å². The lowest BCUT2D eigenvalue weighted by atomic mass is 9.98. The van der Waals surface area contributed by atoms with E-state index in [4.69, 9.17) is 39.7 Å². The fraction of sp³-hybridized carbons (Fsp3) is 0.320. The van der Waals surface area contributed by atoms with Gasteiger partial charge in [-0.3, -0.25) is 9.64 Å². The summed E-state index contributed by atoms with van der Waals surface area (Å²) < 4.78 is 101. The number of aryl methyl sites for hydroxylation is 2. The van der Waals surface area contributed by atoms with Crippen LogP contribution in [0.3, 0.4) is 0 Å². The summed E-state index contributed by atoms with van der Waals surface area (Å²) >= 11 is 6.74. The summed E-state index contributed by atoms with van der Waals surface area (Å²) in [6.45, 7) is 18.9. The average molecular weight is 1200 g/mol. The smallest absolute Gasteiger partial charge is 0.494 e. The van der Waals surface area contributed by atoms with Gasteiger partial charge in [-0.15, -0.1) is 26.3 Å². The van der Waals surface area contributed by atoms with Gasteiger partial charge in [0, 0.05) is 45.7 Å². The predicted molar refractivity (Wildman–Crippen MR) is 267 cm³/mol. The number of nitrogens with zero attached hydrogens (tertiary/aromatic N) is 5. The molecule has 4 aromatic carbocycles. The number of benzene rings is 4. The highest BCUT2D eigenvalue weighted by molar-refractivity contribution is 9.10. The zero-order valence-electron chi connectivity index (χ0n) is 41.1. The second-order valence-corrected chi connectivity index (χ2v) is 22.2. The molecule has 16 nitrogen and oxygen atoms in total. The first kappa shape index (κ1) is 64.4. The van der Waals surface area contributed by atoms with E-state index in [1.54, 1.807) is 36.2 Å². The second-order valence-electron chi connectivity index (χ2n) is 15.9. The number of aliphatic hydroxyl groups excluding tert-OH is 1. The molecule has 0 saturated carbocycles. The Hall–Kier alpha value is -6.74. The van der Waals surface area contributed by atoms with E-state index < -0.39 is 44.9 Å². The molecule has 2 unspecified atom stereocenters. The van der Waals surface area contributed by atoms with Gasteiger partial charge in [0.25, 0.3) is 0 Å². The Morgan fingerprint density at radius 2 is 1.19 bits per heavy atom. The lowest BCUT2D eigenvalue weighted by Crippen LogP contribution is -2.26. The summed E-state index contributed by atoms with van der Waals surface area (Å²) in [5.74, 6) is -0.616. The number of aliphatic hydroxyl groups is 1. The number of hydrogen-bond acceptors (Lipinski definition) is 13. The summed E-state index contributed by atoms with van der Waals surface area (Å²) in [4.78, 5) is 48.6. The van der Waals surface area contributed by atoms with Crippen molar-refractivity contribution in [3.63, 3.8) is 0 Å². The molecule has 75 heavy (non-hydrogen) atoms. The molecule has 1 fully saturated rings. The number of aromatic nitrogens is 4. The quantitative estimate of drug-likeness (QED) is 0.0498. The summed E-state index contributed by atoms with van der Waals surface area (Å²) in [6.07, 6.45) is -3.46. The standard InChI is InChI=1S/C20H16BrF3N2O3.C12H13BrN2O.C12H14F3NO2Si.C4H8O.2CO2/c1-2-14-9-10-26(25-14)17-8-5-13(21)11-16(17)19(28)18(27)12-3-6-15(7-4-12)29-20(22,23)24;1-3-10-6-7-15(14-10)11-5-4-9(13)8-12(11)16-2;1-16-11(18-19(2,3)4)9-5-7-10(8-6-9)17-12(13,14)15;1-2-4-5-3-1;2*2-1-3/h3-11,19,28H,2H2,1H3;4-8H,3H2,1-2H3;5-8,11H,2-4H3;1-4H2;;. The highest BCUT2D eigenvalue weighted by Gasteiger charge is 2.33. The van der Waals surface area contributed by atoms with E-state index >= 15 is 0 Å². The molecule has 3 heterocycles. The minimum Gasteiger partial charge on any atom is -0.494 e. The molecule has 2 aromatic heterocycles. The van der Waals surface area contributed by atoms with E-state index in [1.165, 1.54) is 49.2 Å². The second kappa shape index (κ2) is 31.9. The molecule has 0 radical (unpaired) electrons. The number of carbonyl (C=O) groups excluding carboxylic acids is 5. The van der Waals surface area contributed by atoms with Crippen molar-refractivity contribution in [1.82, 2.24) is 19.6 Å². The molecule has 25 heteroatoms. The fourth-order valence-corrected chi connectivity index (χ4v) is 7.71. The van der Waals surface area contributed by atoms with Crippen LogP contribution in [0.4, 0.5) is 26.3 Å². The number of hydrogen-bond donors (Lipinski definition) is 1. The van der Waals surface area contributed by atoms with Gasteiger partial charge in [-0.2, -0.15) is 29.4 Å². The summed E-state index contributed by atoms with van der Waals surface area (Å²) in [5, 5.41) is 19.6. The van der Waals surface area contributed by atoms with Crippen LogP contribution in [0.1, 0.15) is 71.9 Å². The van der Waals surface area contributed by atoms with Gasteiger partial charge in [0.2, 0.25) is 0 Å². The van der Waals surface area contributed by atoms with Gasteiger partial charge in [-0.1, -0.05) is 45.7 Å². The molecule has 0 bridgehead atoms. The van der Waals surface area contributed by atoms with Crippen LogP contribution in [0.5, 0.6) is 17.2 Å². The number of halogens is 8. The van der Waals surface area contributed by atoms with Crippen LogP contribution in [-0.2, 0) is 41.2 Å². The number of methoxy groups -OCH3 is 1. The lowest BCUT2D eigenvalue weighted by molar-refractivity contribution is -0.275. The van der Waals surface area contributed by atoms with Crippen molar-refractivity contribution in [2.75, 3.05) is 20.3 Å². The van der Waals surface area contributed by atoms with Gasteiger partial charge in [-0.25, -0.2) is 15.9 Å². The highest BCUT2D eigenvalue weighted by Crippen LogP contribution is 2.31. The van der Waals surface area contributed by atoms with Gasteiger partial charge < -0.3 is 28.5 Å². The Kier molecular flexibility index (Phi) is 27.4. The van der Waals surface area contributed by atoms with Crippen LogP contribution in [0.15, 0.2) is 118 Å². The van der Waals surface area contributed by atoms with Gasteiger partial charge in [-0.05, 0) is 142 Å². The average Bonchev–Trinajstić information content (AvgIpc) is 4.19. The first-order valence-corrected chi connectivity index (χ1v) is 27.1. The molecule has 0 spiro atoms. The van der Waals surface area contributed by atoms with Crippen LogP contribution >= 0.6 is 31.9 Å². The van der Waals surface area contributed by atoms with E-state index in [2.05, 4.69) is 63.3 Å². The Bertz CT molecular complexity index is 2780. The first-order chi connectivity index (χ1) is 35.3. The summed E-state index contributed by atoms with van der Waals surface area (Å²) in [5.41, 5.74) is 4.27. The third-order valence-electron chi connectivity index (χ3n) is 9.36. The molecule has 1 aliphatic rings. The maximum absolute atomic E-state index is 12.7. The van der Waals surface area contributed by atoms with Crippen LogP contribution in [-0.4, -0.2) is 84.1 Å². The van der Waals surface area contributed by atoms with E-state index in [0.717, 1.165) is 65.5 Å². The minimum absolute atomic E-state index is 0.0488. The molecule has 402 valence electrons. The maximum Gasteiger partial charge on any atom is 0.573 e. The van der Waals surface area contributed by atoms with Crippen LogP contribution in [0.2, 0.25) is 19.6 Å². The number of Topliss-reactive ketones (excluding diaryl/α,β-unsaturated/α-hetero) is 1. The highest BCUT2D eigenvalue weighted by atomic mass is 79.9.